The fourth-order valence-corrected chi connectivity index (χ4v) is 3.35. The van der Waals surface area contributed by atoms with Gasteiger partial charge in [0.2, 0.25) is 0 Å². The molecule has 0 saturated carbocycles. The Morgan fingerprint density at radius 1 is 1.33 bits per heavy atom. The van der Waals surface area contributed by atoms with Crippen molar-refractivity contribution < 1.29 is 9.53 Å². The van der Waals surface area contributed by atoms with E-state index in [0.29, 0.717) is 18.4 Å². The number of ether oxygens (including phenoxy) is 1. The predicted molar refractivity (Wildman–Crippen MR) is 83.6 cm³/mol. The van der Waals surface area contributed by atoms with Gasteiger partial charge in [0.15, 0.2) is 5.78 Å². The first-order valence-corrected chi connectivity index (χ1v) is 8.10. The predicted octanol–water partition coefficient (Wildman–Crippen LogP) is 2.78. The first-order valence-electron chi connectivity index (χ1n) is 8.10. The van der Waals surface area contributed by atoms with Gasteiger partial charge in [-0.2, -0.15) is 0 Å². The van der Waals surface area contributed by atoms with Gasteiger partial charge in [0.25, 0.3) is 0 Å². The molecule has 2 atom stereocenters. The summed E-state index contributed by atoms with van der Waals surface area (Å²) in [6, 6.07) is 8.97. The van der Waals surface area contributed by atoms with Crippen LogP contribution in [0, 0.1) is 0 Å². The molecule has 2 fully saturated rings. The monoisotopic (exact) mass is 287 g/mol. The van der Waals surface area contributed by atoms with Gasteiger partial charge in [-0.05, 0) is 36.4 Å². The van der Waals surface area contributed by atoms with Gasteiger partial charge in [-0.1, -0.05) is 38.1 Å². The molecule has 2 saturated heterocycles. The summed E-state index contributed by atoms with van der Waals surface area (Å²) in [6.07, 6.45) is 2.72. The van der Waals surface area contributed by atoms with Crippen LogP contribution in [0.2, 0.25) is 0 Å². The van der Waals surface area contributed by atoms with Crippen LogP contribution in [0.4, 0.5) is 0 Å². The number of Topliss-reactive ketones (excluding diaryl/α,β-unsaturated/α-hetero) is 1. The third-order valence-corrected chi connectivity index (χ3v) is 4.77. The maximum Gasteiger partial charge on any atom is 0.167 e. The molecule has 0 amide bonds. The van der Waals surface area contributed by atoms with E-state index in [9.17, 15) is 4.79 Å². The highest BCUT2D eigenvalue weighted by Gasteiger charge is 2.34. The summed E-state index contributed by atoms with van der Waals surface area (Å²) in [4.78, 5) is 14.8. The Bertz CT molecular complexity index is 494. The van der Waals surface area contributed by atoms with E-state index in [1.54, 1.807) is 0 Å². The van der Waals surface area contributed by atoms with Crippen LogP contribution < -0.4 is 0 Å². The summed E-state index contributed by atoms with van der Waals surface area (Å²) in [7, 11) is 0. The topological polar surface area (TPSA) is 29.5 Å². The van der Waals surface area contributed by atoms with E-state index in [4.69, 9.17) is 4.74 Å². The number of fused-ring (bicyclic) bond motifs is 1. The normalized spacial score (nSPS) is 26.0. The zero-order valence-corrected chi connectivity index (χ0v) is 13.0. The summed E-state index contributed by atoms with van der Waals surface area (Å²) in [5, 5.41) is 0. The molecule has 0 aromatic heterocycles. The molecule has 2 aliphatic heterocycles. The number of ketones is 1. The number of carbonyl (C=O) groups excluding carboxylic acids is 1. The minimum absolute atomic E-state index is 0.220. The van der Waals surface area contributed by atoms with Crippen LogP contribution in [0.3, 0.4) is 0 Å². The minimum atomic E-state index is -0.232. The van der Waals surface area contributed by atoms with Gasteiger partial charge >= 0.3 is 0 Å². The number of carbonyl (C=O) groups is 1. The average Bonchev–Trinajstić information content (AvgIpc) is 2.95. The Balaban J connectivity index is 1.58. The third-order valence-electron chi connectivity index (χ3n) is 4.77. The van der Waals surface area contributed by atoms with Crippen LogP contribution in [0.1, 0.15) is 43.7 Å². The number of hydrogen-bond donors (Lipinski definition) is 0. The minimum Gasteiger partial charge on any atom is -0.367 e. The maximum absolute atomic E-state index is 12.4. The molecule has 0 aliphatic carbocycles. The lowest BCUT2D eigenvalue weighted by molar-refractivity contribution is -0.137. The maximum atomic E-state index is 12.4. The molecular weight excluding hydrogens is 262 g/mol. The van der Waals surface area contributed by atoms with Crippen molar-refractivity contribution in [3.63, 3.8) is 0 Å². The molecule has 3 heteroatoms. The molecule has 0 N–H and O–H groups in total. The fourth-order valence-electron chi connectivity index (χ4n) is 3.35. The van der Waals surface area contributed by atoms with Crippen molar-refractivity contribution in [2.45, 2.75) is 51.2 Å². The molecule has 0 bridgehead atoms. The lowest BCUT2D eigenvalue weighted by Crippen LogP contribution is -2.49. The van der Waals surface area contributed by atoms with Crippen LogP contribution >= 0.6 is 0 Å². The molecule has 21 heavy (non-hydrogen) atoms. The highest BCUT2D eigenvalue weighted by atomic mass is 16.5. The van der Waals surface area contributed by atoms with Gasteiger partial charge in [-0.25, -0.2) is 0 Å². The van der Waals surface area contributed by atoms with Crippen LogP contribution in [-0.2, 0) is 16.0 Å². The van der Waals surface area contributed by atoms with E-state index in [1.165, 1.54) is 18.4 Å². The van der Waals surface area contributed by atoms with Crippen LogP contribution in [0.25, 0.3) is 0 Å². The van der Waals surface area contributed by atoms with E-state index >= 15 is 0 Å². The number of hydrogen-bond acceptors (Lipinski definition) is 3. The van der Waals surface area contributed by atoms with Gasteiger partial charge in [-0.15, -0.1) is 0 Å². The molecule has 0 radical (unpaired) electrons. The number of rotatable bonds is 4. The Morgan fingerprint density at radius 2 is 2.10 bits per heavy atom. The van der Waals surface area contributed by atoms with E-state index in [-0.39, 0.29) is 11.9 Å². The number of nitrogens with zero attached hydrogens (tertiary/aromatic N) is 1. The van der Waals surface area contributed by atoms with Crippen molar-refractivity contribution in [1.29, 1.82) is 0 Å². The smallest absolute Gasteiger partial charge is 0.167 e. The largest absolute Gasteiger partial charge is 0.367 e. The second kappa shape index (κ2) is 6.29. The van der Waals surface area contributed by atoms with Crippen molar-refractivity contribution in [3.05, 3.63) is 35.4 Å². The zero-order chi connectivity index (χ0) is 14.8. The molecule has 2 unspecified atom stereocenters. The molecule has 3 nitrogen and oxygen atoms in total. The summed E-state index contributed by atoms with van der Waals surface area (Å²) >= 11 is 0. The average molecular weight is 287 g/mol. The molecule has 114 valence electrons. The van der Waals surface area contributed by atoms with Crippen LogP contribution in [0.15, 0.2) is 24.3 Å². The quantitative estimate of drug-likeness (QED) is 0.853. The highest BCUT2D eigenvalue weighted by Crippen LogP contribution is 2.23. The molecule has 0 spiro atoms. The zero-order valence-electron chi connectivity index (χ0n) is 13.0. The van der Waals surface area contributed by atoms with Crippen molar-refractivity contribution in [3.8, 4) is 0 Å². The van der Waals surface area contributed by atoms with E-state index < -0.39 is 0 Å². The fraction of sp³-hybridized carbons (Fsp3) is 0.611. The molecule has 2 heterocycles. The summed E-state index contributed by atoms with van der Waals surface area (Å²) in [5.74, 6) is 0.751. The number of benzene rings is 1. The molecule has 2 aliphatic rings. The first kappa shape index (κ1) is 14.7. The Kier molecular flexibility index (Phi) is 4.41. The second-order valence-electron chi connectivity index (χ2n) is 6.65. The van der Waals surface area contributed by atoms with Gasteiger partial charge in [0, 0.05) is 19.0 Å². The molecular formula is C18H25NO2. The van der Waals surface area contributed by atoms with Gasteiger partial charge in [0.05, 0.1) is 6.61 Å². The third kappa shape index (κ3) is 3.35. The van der Waals surface area contributed by atoms with Gasteiger partial charge in [0.1, 0.15) is 6.10 Å². The van der Waals surface area contributed by atoms with Crippen molar-refractivity contribution in [2.75, 3.05) is 19.7 Å². The SMILES string of the molecule is CC(C)c1ccc(CC(=O)C2CN3CCCC3CO2)cc1. The second-order valence-corrected chi connectivity index (χ2v) is 6.65. The Labute approximate surface area is 127 Å². The molecule has 1 aromatic carbocycles. The van der Waals surface area contributed by atoms with Crippen LogP contribution in [0.5, 0.6) is 0 Å². The van der Waals surface area contributed by atoms with E-state index in [2.05, 4.69) is 43.0 Å². The Hall–Kier alpha value is -1.19. The Morgan fingerprint density at radius 3 is 2.81 bits per heavy atom. The standard InChI is InChI=1S/C18H25NO2/c1-13(2)15-7-5-14(6-8-15)10-17(20)18-11-19-9-3-4-16(19)12-21-18/h5-8,13,16,18H,3-4,9-12H2,1-2H3. The van der Waals surface area contributed by atoms with E-state index in [0.717, 1.165) is 25.3 Å². The summed E-state index contributed by atoms with van der Waals surface area (Å²) in [5.41, 5.74) is 2.41. The summed E-state index contributed by atoms with van der Waals surface area (Å²) in [6.45, 7) is 7.00. The lowest BCUT2D eigenvalue weighted by Gasteiger charge is -2.34. The van der Waals surface area contributed by atoms with Crippen molar-refractivity contribution in [1.82, 2.24) is 4.90 Å². The van der Waals surface area contributed by atoms with Crippen LogP contribution in [-0.4, -0.2) is 42.5 Å². The van der Waals surface area contributed by atoms with Crippen molar-refractivity contribution in [2.24, 2.45) is 0 Å². The number of morpholine rings is 1. The lowest BCUT2D eigenvalue weighted by atomic mass is 9.98. The molecule has 1 aromatic rings. The van der Waals surface area contributed by atoms with E-state index in [1.807, 2.05) is 0 Å². The van der Waals surface area contributed by atoms with Crippen molar-refractivity contribution >= 4 is 5.78 Å². The van der Waals surface area contributed by atoms with Gasteiger partial charge in [-0.3, -0.25) is 9.69 Å². The molecule has 3 rings (SSSR count). The van der Waals surface area contributed by atoms with Gasteiger partial charge < -0.3 is 4.74 Å². The summed E-state index contributed by atoms with van der Waals surface area (Å²) < 4.78 is 5.80. The highest BCUT2D eigenvalue weighted by molar-refractivity contribution is 5.85. The first-order chi connectivity index (χ1) is 10.1.